The fraction of sp³-hybridized carbons (Fsp3) is 0.353. The monoisotopic (exact) mass is 296 g/mol. The molecule has 2 aromatic rings. The number of benzene rings is 1. The maximum absolute atomic E-state index is 12.3. The van der Waals surface area contributed by atoms with Crippen LogP contribution in [-0.2, 0) is 4.79 Å². The third-order valence-electron chi connectivity index (χ3n) is 3.98. The molecule has 1 aliphatic heterocycles. The molecular weight excluding hydrogens is 276 g/mol. The van der Waals surface area contributed by atoms with Crippen LogP contribution >= 0.6 is 0 Å². The van der Waals surface area contributed by atoms with Crippen molar-refractivity contribution in [3.8, 4) is 0 Å². The summed E-state index contributed by atoms with van der Waals surface area (Å²) in [5.41, 5.74) is 1.21. The van der Waals surface area contributed by atoms with Crippen molar-refractivity contribution >= 4 is 11.9 Å². The zero-order chi connectivity index (χ0) is 15.4. The van der Waals surface area contributed by atoms with Gasteiger partial charge in [-0.05, 0) is 17.5 Å². The number of hydrogen-bond acceptors (Lipinski definition) is 4. The summed E-state index contributed by atoms with van der Waals surface area (Å²) in [6.45, 7) is 3.54. The molecule has 0 radical (unpaired) electrons. The van der Waals surface area contributed by atoms with Gasteiger partial charge in [0.15, 0.2) is 0 Å². The summed E-state index contributed by atoms with van der Waals surface area (Å²) in [5.74, 6) is 1.08. The smallest absolute Gasteiger partial charge is 0.223 e. The second-order valence-corrected chi connectivity index (χ2v) is 5.73. The zero-order valence-corrected chi connectivity index (χ0v) is 12.6. The molecule has 0 aliphatic carbocycles. The molecule has 1 atom stereocenters. The summed E-state index contributed by atoms with van der Waals surface area (Å²) >= 11 is 0. The van der Waals surface area contributed by atoms with Crippen LogP contribution in [0.5, 0.6) is 0 Å². The second-order valence-electron chi connectivity index (χ2n) is 5.73. The molecule has 22 heavy (non-hydrogen) atoms. The first-order valence-electron chi connectivity index (χ1n) is 7.58. The second kappa shape index (κ2) is 6.56. The molecule has 0 bridgehead atoms. The highest BCUT2D eigenvalue weighted by molar-refractivity contribution is 5.78. The Balaban J connectivity index is 1.45. The number of likely N-dealkylation sites (tertiary alicyclic amines) is 1. The van der Waals surface area contributed by atoms with E-state index < -0.39 is 0 Å². The first-order valence-corrected chi connectivity index (χ1v) is 7.58. The number of aromatic nitrogens is 2. The molecule has 1 unspecified atom stereocenters. The highest BCUT2D eigenvalue weighted by Gasteiger charge is 2.31. The van der Waals surface area contributed by atoms with E-state index in [1.807, 2.05) is 23.1 Å². The van der Waals surface area contributed by atoms with Crippen LogP contribution in [0.1, 0.15) is 24.8 Å². The SMILES string of the molecule is CC(CC(=O)N1CC(Nc2ncccn2)C1)c1ccccc1. The van der Waals surface area contributed by atoms with Crippen molar-refractivity contribution < 1.29 is 4.79 Å². The molecule has 0 spiro atoms. The number of carbonyl (C=O) groups is 1. The normalized spacial score (nSPS) is 16.0. The van der Waals surface area contributed by atoms with Gasteiger partial charge in [-0.3, -0.25) is 4.79 Å². The van der Waals surface area contributed by atoms with Gasteiger partial charge in [-0.15, -0.1) is 0 Å². The van der Waals surface area contributed by atoms with Crippen molar-refractivity contribution in [3.05, 3.63) is 54.4 Å². The lowest BCUT2D eigenvalue weighted by atomic mass is 9.96. The molecule has 3 rings (SSSR count). The predicted molar refractivity (Wildman–Crippen MR) is 85.5 cm³/mol. The summed E-state index contributed by atoms with van der Waals surface area (Å²) < 4.78 is 0. The quantitative estimate of drug-likeness (QED) is 0.919. The lowest BCUT2D eigenvalue weighted by Gasteiger charge is -2.40. The van der Waals surface area contributed by atoms with Crippen molar-refractivity contribution in [2.24, 2.45) is 0 Å². The van der Waals surface area contributed by atoms with E-state index in [0.29, 0.717) is 12.4 Å². The lowest BCUT2D eigenvalue weighted by Crippen LogP contribution is -2.57. The van der Waals surface area contributed by atoms with E-state index in [2.05, 4.69) is 34.3 Å². The van der Waals surface area contributed by atoms with E-state index in [-0.39, 0.29) is 17.9 Å². The Morgan fingerprint density at radius 2 is 1.91 bits per heavy atom. The van der Waals surface area contributed by atoms with Crippen molar-refractivity contribution in [1.82, 2.24) is 14.9 Å². The molecule has 1 amide bonds. The number of hydrogen-bond donors (Lipinski definition) is 1. The first kappa shape index (κ1) is 14.5. The van der Waals surface area contributed by atoms with Gasteiger partial charge in [-0.2, -0.15) is 0 Å². The Hall–Kier alpha value is -2.43. The van der Waals surface area contributed by atoms with Crippen LogP contribution < -0.4 is 5.32 Å². The zero-order valence-electron chi connectivity index (χ0n) is 12.6. The third kappa shape index (κ3) is 3.42. The van der Waals surface area contributed by atoms with Gasteiger partial charge in [0.05, 0.1) is 6.04 Å². The van der Waals surface area contributed by atoms with Gasteiger partial charge in [-0.1, -0.05) is 37.3 Å². The summed E-state index contributed by atoms with van der Waals surface area (Å²) in [6, 6.07) is 12.2. The van der Waals surface area contributed by atoms with E-state index in [4.69, 9.17) is 0 Å². The Labute approximate surface area is 130 Å². The van der Waals surface area contributed by atoms with Gasteiger partial charge in [0.25, 0.3) is 0 Å². The van der Waals surface area contributed by atoms with Gasteiger partial charge in [0, 0.05) is 31.9 Å². The molecule has 1 N–H and O–H groups in total. The maximum atomic E-state index is 12.3. The number of carbonyl (C=O) groups excluding carboxylic acids is 1. The average molecular weight is 296 g/mol. The van der Waals surface area contributed by atoms with E-state index >= 15 is 0 Å². The van der Waals surface area contributed by atoms with Gasteiger partial charge in [0.2, 0.25) is 11.9 Å². The molecule has 1 aromatic carbocycles. The number of rotatable bonds is 5. The Kier molecular flexibility index (Phi) is 4.32. The van der Waals surface area contributed by atoms with Crippen LogP contribution in [0.25, 0.3) is 0 Å². The topological polar surface area (TPSA) is 58.1 Å². The molecule has 2 heterocycles. The van der Waals surface area contributed by atoms with E-state index in [1.54, 1.807) is 18.5 Å². The van der Waals surface area contributed by atoms with Crippen molar-refractivity contribution in [1.29, 1.82) is 0 Å². The van der Waals surface area contributed by atoms with Gasteiger partial charge < -0.3 is 10.2 Å². The highest BCUT2D eigenvalue weighted by atomic mass is 16.2. The average Bonchev–Trinajstić information content (AvgIpc) is 2.52. The van der Waals surface area contributed by atoms with E-state index in [0.717, 1.165) is 13.1 Å². The van der Waals surface area contributed by atoms with Crippen molar-refractivity contribution in [2.75, 3.05) is 18.4 Å². The fourth-order valence-electron chi connectivity index (χ4n) is 2.62. The van der Waals surface area contributed by atoms with Crippen molar-refractivity contribution in [2.45, 2.75) is 25.3 Å². The molecular formula is C17H20N4O. The number of nitrogens with zero attached hydrogens (tertiary/aromatic N) is 3. The molecule has 1 aromatic heterocycles. The third-order valence-corrected chi connectivity index (χ3v) is 3.98. The van der Waals surface area contributed by atoms with Gasteiger partial charge in [-0.25, -0.2) is 9.97 Å². The minimum Gasteiger partial charge on any atom is -0.348 e. The Bertz CT molecular complexity index is 611. The summed E-state index contributed by atoms with van der Waals surface area (Å²) in [7, 11) is 0. The van der Waals surface area contributed by atoms with Crippen LogP contribution in [0.4, 0.5) is 5.95 Å². The summed E-state index contributed by atoms with van der Waals surface area (Å²) in [6.07, 6.45) is 3.97. The van der Waals surface area contributed by atoms with Crippen LogP contribution in [0.15, 0.2) is 48.8 Å². The summed E-state index contributed by atoms with van der Waals surface area (Å²) in [4.78, 5) is 22.4. The number of amides is 1. The first-order chi connectivity index (χ1) is 10.7. The maximum Gasteiger partial charge on any atom is 0.223 e. The molecule has 114 valence electrons. The Morgan fingerprint density at radius 3 is 2.59 bits per heavy atom. The minimum atomic E-state index is 0.211. The van der Waals surface area contributed by atoms with Crippen LogP contribution in [0.2, 0.25) is 0 Å². The highest BCUT2D eigenvalue weighted by Crippen LogP contribution is 2.22. The number of anilines is 1. The molecule has 1 fully saturated rings. The standard InChI is InChI=1S/C17H20N4O/c1-13(14-6-3-2-4-7-14)10-16(22)21-11-15(12-21)20-17-18-8-5-9-19-17/h2-9,13,15H,10-12H2,1H3,(H,18,19,20). The summed E-state index contributed by atoms with van der Waals surface area (Å²) in [5, 5.41) is 3.23. The Morgan fingerprint density at radius 1 is 1.23 bits per heavy atom. The minimum absolute atomic E-state index is 0.211. The molecule has 5 heteroatoms. The van der Waals surface area contributed by atoms with Gasteiger partial charge >= 0.3 is 0 Å². The fourth-order valence-corrected chi connectivity index (χ4v) is 2.62. The molecule has 5 nitrogen and oxygen atoms in total. The number of nitrogens with one attached hydrogen (secondary N) is 1. The lowest BCUT2D eigenvalue weighted by molar-refractivity contribution is -0.135. The molecule has 0 saturated carbocycles. The van der Waals surface area contributed by atoms with Gasteiger partial charge in [0.1, 0.15) is 0 Å². The van der Waals surface area contributed by atoms with Crippen LogP contribution in [0.3, 0.4) is 0 Å². The van der Waals surface area contributed by atoms with Crippen LogP contribution in [0, 0.1) is 0 Å². The molecule has 1 aliphatic rings. The van der Waals surface area contributed by atoms with Crippen LogP contribution in [-0.4, -0.2) is 39.9 Å². The molecule has 1 saturated heterocycles. The largest absolute Gasteiger partial charge is 0.348 e. The van der Waals surface area contributed by atoms with E-state index in [9.17, 15) is 4.79 Å². The predicted octanol–water partition coefficient (Wildman–Crippen LogP) is 2.29. The van der Waals surface area contributed by atoms with E-state index in [1.165, 1.54) is 5.56 Å². The van der Waals surface area contributed by atoms with Crippen molar-refractivity contribution in [3.63, 3.8) is 0 Å².